The van der Waals surface area contributed by atoms with E-state index in [4.69, 9.17) is 0 Å². The van der Waals surface area contributed by atoms with Gasteiger partial charge in [0.1, 0.15) is 5.78 Å². The summed E-state index contributed by atoms with van der Waals surface area (Å²) in [5.41, 5.74) is 3.30. The molecule has 0 bridgehead atoms. The zero-order valence-electron chi connectivity index (χ0n) is 10.8. The second-order valence-electron chi connectivity index (χ2n) is 4.69. The van der Waals surface area contributed by atoms with Gasteiger partial charge in [-0.25, -0.2) is 0 Å². The fraction of sp³-hybridized carbons (Fsp3) is 0.200. The smallest absolute Gasteiger partial charge is 0.135 e. The maximum absolute atomic E-state index is 12.0. The molecule has 1 aromatic heterocycles. The summed E-state index contributed by atoms with van der Waals surface area (Å²) in [6.07, 6.45) is 1.30. The molecule has 1 aliphatic carbocycles. The molecule has 0 saturated heterocycles. The third-order valence-electron chi connectivity index (χ3n) is 3.17. The van der Waals surface area contributed by atoms with Crippen LogP contribution in [0, 0.1) is 5.92 Å². The molecule has 0 N–H and O–H groups in total. The van der Waals surface area contributed by atoms with Crippen molar-refractivity contribution in [3.63, 3.8) is 0 Å². The molecule has 3 rings (SSSR count). The molecule has 0 unspecified atom stereocenters. The SMILES string of the molecule is C[C-]1CC(=O)c2cc(-c3ccccc3)nnc2C1.[Y]. The second kappa shape index (κ2) is 6.02. The number of carbonyl (C=O) groups is 1. The van der Waals surface area contributed by atoms with Crippen LogP contribution in [0.3, 0.4) is 0 Å². The summed E-state index contributed by atoms with van der Waals surface area (Å²) < 4.78 is 0. The van der Waals surface area contributed by atoms with E-state index < -0.39 is 0 Å². The second-order valence-corrected chi connectivity index (χ2v) is 4.69. The largest absolute Gasteiger partial charge is 0.303 e. The molecule has 1 aromatic carbocycles. The molecule has 0 fully saturated rings. The van der Waals surface area contributed by atoms with Crippen LogP contribution in [-0.4, -0.2) is 16.0 Å². The van der Waals surface area contributed by atoms with E-state index in [9.17, 15) is 4.79 Å². The molecule has 1 aliphatic rings. The molecule has 19 heavy (non-hydrogen) atoms. The van der Waals surface area contributed by atoms with E-state index in [0.29, 0.717) is 6.42 Å². The van der Waals surface area contributed by atoms with Crippen LogP contribution in [0.25, 0.3) is 11.3 Å². The molecular formula is C15H13N2OY-. The zero-order chi connectivity index (χ0) is 12.5. The van der Waals surface area contributed by atoms with Crippen molar-refractivity contribution in [1.82, 2.24) is 10.2 Å². The summed E-state index contributed by atoms with van der Waals surface area (Å²) in [5, 5.41) is 8.42. The maximum atomic E-state index is 12.0. The number of aromatic nitrogens is 2. The molecule has 93 valence electrons. The molecule has 3 nitrogen and oxygen atoms in total. The van der Waals surface area contributed by atoms with Gasteiger partial charge in [-0.3, -0.25) is 4.79 Å². The summed E-state index contributed by atoms with van der Waals surface area (Å²) in [4.78, 5) is 12.0. The number of Topliss-reactive ketones (excluding diaryl/α,β-unsaturated/α-hetero) is 1. The first-order valence-electron chi connectivity index (χ1n) is 6.00. The zero-order valence-corrected chi connectivity index (χ0v) is 13.6. The number of carbonyl (C=O) groups excluding carboxylic acids is 1. The third kappa shape index (κ3) is 2.98. The minimum absolute atomic E-state index is 0. The Balaban J connectivity index is 0.00000133. The Morgan fingerprint density at radius 3 is 2.58 bits per heavy atom. The fourth-order valence-electron chi connectivity index (χ4n) is 2.26. The predicted molar refractivity (Wildman–Crippen MR) is 69.0 cm³/mol. The number of hydrogen-bond donors (Lipinski definition) is 0. The van der Waals surface area contributed by atoms with Crippen molar-refractivity contribution >= 4 is 5.78 Å². The van der Waals surface area contributed by atoms with Crippen molar-refractivity contribution in [3.05, 3.63) is 53.6 Å². The molecular weight excluding hydrogens is 313 g/mol. The Kier molecular flexibility index (Phi) is 4.59. The Labute approximate surface area is 137 Å². The van der Waals surface area contributed by atoms with Gasteiger partial charge in [0.15, 0.2) is 0 Å². The van der Waals surface area contributed by atoms with Crippen LogP contribution in [0.4, 0.5) is 0 Å². The van der Waals surface area contributed by atoms with Crippen LogP contribution in [-0.2, 0) is 39.1 Å². The van der Waals surface area contributed by atoms with Crippen LogP contribution < -0.4 is 0 Å². The average molecular weight is 326 g/mol. The topological polar surface area (TPSA) is 42.9 Å². The summed E-state index contributed by atoms with van der Waals surface area (Å²) in [6.45, 7) is 1.99. The van der Waals surface area contributed by atoms with Crippen molar-refractivity contribution in [3.8, 4) is 11.3 Å². The predicted octanol–water partition coefficient (Wildman–Crippen LogP) is 2.86. The fourth-order valence-corrected chi connectivity index (χ4v) is 2.26. The van der Waals surface area contributed by atoms with E-state index in [1.165, 1.54) is 0 Å². The first-order valence-corrected chi connectivity index (χ1v) is 6.00. The number of fused-ring (bicyclic) bond motifs is 1. The van der Waals surface area contributed by atoms with E-state index in [0.717, 1.165) is 34.9 Å². The van der Waals surface area contributed by atoms with Crippen molar-refractivity contribution in [1.29, 1.82) is 0 Å². The van der Waals surface area contributed by atoms with Gasteiger partial charge in [-0.2, -0.15) is 17.1 Å². The summed E-state index contributed by atoms with van der Waals surface area (Å²) in [5.74, 6) is 1.31. The van der Waals surface area contributed by atoms with Crippen LogP contribution in [0.15, 0.2) is 36.4 Å². The van der Waals surface area contributed by atoms with Crippen LogP contribution in [0.5, 0.6) is 0 Å². The van der Waals surface area contributed by atoms with Gasteiger partial charge in [-0.1, -0.05) is 30.3 Å². The van der Waals surface area contributed by atoms with Gasteiger partial charge in [0.05, 0.1) is 5.69 Å². The Morgan fingerprint density at radius 1 is 1.11 bits per heavy atom. The molecule has 1 radical (unpaired) electrons. The summed E-state index contributed by atoms with van der Waals surface area (Å²) in [6, 6.07) is 11.7. The molecule has 0 atom stereocenters. The van der Waals surface area contributed by atoms with E-state index in [2.05, 4.69) is 10.2 Å². The van der Waals surface area contributed by atoms with E-state index >= 15 is 0 Å². The van der Waals surface area contributed by atoms with Crippen molar-refractivity contribution in [2.24, 2.45) is 0 Å². The normalized spacial score (nSPS) is 14.7. The van der Waals surface area contributed by atoms with Crippen LogP contribution >= 0.6 is 0 Å². The number of nitrogens with zero attached hydrogens (tertiary/aromatic N) is 2. The van der Waals surface area contributed by atoms with Gasteiger partial charge < -0.3 is 5.92 Å². The van der Waals surface area contributed by atoms with Gasteiger partial charge in [-0.15, -0.1) is 12.8 Å². The van der Waals surface area contributed by atoms with Gasteiger partial charge in [0.2, 0.25) is 0 Å². The van der Waals surface area contributed by atoms with Gasteiger partial charge in [0.25, 0.3) is 0 Å². The van der Waals surface area contributed by atoms with Gasteiger partial charge in [0, 0.05) is 49.5 Å². The molecule has 2 aromatic rings. The quantitative estimate of drug-likeness (QED) is 0.757. The minimum Gasteiger partial charge on any atom is -0.303 e. The Bertz CT molecular complexity index is 598. The summed E-state index contributed by atoms with van der Waals surface area (Å²) in [7, 11) is 0. The number of benzene rings is 1. The molecule has 0 saturated carbocycles. The van der Waals surface area contributed by atoms with Gasteiger partial charge in [-0.05, 0) is 6.07 Å². The molecule has 1 heterocycles. The monoisotopic (exact) mass is 326 g/mol. The maximum Gasteiger partial charge on any atom is 0.135 e. The first kappa shape index (κ1) is 14.5. The first-order chi connectivity index (χ1) is 8.74. The third-order valence-corrected chi connectivity index (χ3v) is 3.17. The Morgan fingerprint density at radius 2 is 1.84 bits per heavy atom. The number of rotatable bonds is 1. The number of hydrogen-bond acceptors (Lipinski definition) is 3. The molecule has 0 amide bonds. The van der Waals surface area contributed by atoms with E-state index in [1.807, 2.05) is 43.3 Å². The van der Waals surface area contributed by atoms with Gasteiger partial charge >= 0.3 is 0 Å². The minimum atomic E-state index is 0. The van der Waals surface area contributed by atoms with E-state index in [-0.39, 0.29) is 38.5 Å². The van der Waals surface area contributed by atoms with Crippen molar-refractivity contribution < 1.29 is 37.5 Å². The average Bonchev–Trinajstić information content (AvgIpc) is 2.39. The Hall–Kier alpha value is -0.926. The number of ketones is 1. The molecule has 4 heteroatoms. The summed E-state index contributed by atoms with van der Waals surface area (Å²) >= 11 is 0. The van der Waals surface area contributed by atoms with Crippen LogP contribution in [0.2, 0.25) is 0 Å². The van der Waals surface area contributed by atoms with E-state index in [1.54, 1.807) is 0 Å². The molecule has 0 spiro atoms. The molecule has 0 aliphatic heterocycles. The van der Waals surface area contributed by atoms with Crippen molar-refractivity contribution in [2.45, 2.75) is 19.8 Å². The standard InChI is InChI=1S/C15H13N2O.Y/c1-10-7-14-12(15(18)8-10)9-13(16-17-14)11-5-3-2-4-6-11;/h2-6,9H,7-8H2,1H3;/q-1;. The van der Waals surface area contributed by atoms with Crippen LogP contribution in [0.1, 0.15) is 29.4 Å². The van der Waals surface area contributed by atoms with Crippen molar-refractivity contribution in [2.75, 3.05) is 0 Å².